The average Bonchev–Trinajstić information content (AvgIpc) is 3.16. The van der Waals surface area contributed by atoms with Gasteiger partial charge in [0.15, 0.2) is 0 Å². The summed E-state index contributed by atoms with van der Waals surface area (Å²) in [4.78, 5) is 8.44. The summed E-state index contributed by atoms with van der Waals surface area (Å²) in [6.07, 6.45) is -3.48. The van der Waals surface area contributed by atoms with Gasteiger partial charge in [-0.2, -0.15) is 13.2 Å². The first-order valence-corrected chi connectivity index (χ1v) is 10.9. The van der Waals surface area contributed by atoms with Crippen molar-refractivity contribution >= 4 is 17.4 Å². The Morgan fingerprint density at radius 2 is 1.72 bits per heavy atom. The number of rotatable bonds is 6. The largest absolute Gasteiger partial charge is 0.417 e. The summed E-state index contributed by atoms with van der Waals surface area (Å²) in [6, 6.07) is 20.9. The van der Waals surface area contributed by atoms with E-state index in [1.165, 1.54) is 17.2 Å². The predicted molar refractivity (Wildman–Crippen MR) is 122 cm³/mol. The van der Waals surface area contributed by atoms with Gasteiger partial charge in [0, 0.05) is 50.4 Å². The first-order valence-electron chi connectivity index (χ1n) is 10.6. The highest BCUT2D eigenvalue weighted by atomic mass is 35.5. The van der Waals surface area contributed by atoms with E-state index in [9.17, 15) is 13.2 Å². The molecule has 1 aromatic heterocycles. The van der Waals surface area contributed by atoms with Crippen LogP contribution >= 0.6 is 11.6 Å². The van der Waals surface area contributed by atoms with Crippen molar-refractivity contribution in [2.75, 3.05) is 31.6 Å². The van der Waals surface area contributed by atoms with E-state index in [0.29, 0.717) is 29.2 Å². The Labute approximate surface area is 191 Å². The summed E-state index contributed by atoms with van der Waals surface area (Å²) in [5, 5.41) is 0.704. The molecule has 32 heavy (non-hydrogen) atoms. The SMILES string of the molecule is CN(CC1CN(Cc2ccccc2)CC1c1ccc(Cl)cc1)c1ccc(C(F)(F)F)cn1. The monoisotopic (exact) mass is 459 g/mol. The summed E-state index contributed by atoms with van der Waals surface area (Å²) < 4.78 is 38.6. The zero-order valence-electron chi connectivity index (χ0n) is 17.8. The number of anilines is 1. The number of pyridine rings is 1. The Balaban J connectivity index is 1.51. The molecule has 1 aliphatic rings. The topological polar surface area (TPSA) is 19.4 Å². The van der Waals surface area contributed by atoms with E-state index >= 15 is 0 Å². The normalized spacial score (nSPS) is 19.3. The third-order valence-corrected chi connectivity index (χ3v) is 6.29. The smallest absolute Gasteiger partial charge is 0.359 e. The van der Waals surface area contributed by atoms with Gasteiger partial charge in [-0.05, 0) is 41.3 Å². The molecule has 1 fully saturated rings. The number of aromatic nitrogens is 1. The second-order valence-electron chi connectivity index (χ2n) is 8.38. The lowest BCUT2D eigenvalue weighted by Gasteiger charge is -2.26. The first-order chi connectivity index (χ1) is 15.3. The van der Waals surface area contributed by atoms with Crippen molar-refractivity contribution in [2.24, 2.45) is 5.92 Å². The standard InChI is InChI=1S/C25H25ClF3N3/c1-31(24-12-9-21(13-30-24)25(27,28)29)15-20-16-32(14-18-5-3-2-4-6-18)17-23(20)19-7-10-22(26)11-8-19/h2-13,20,23H,14-17H2,1H3. The molecule has 168 valence electrons. The number of hydrogen-bond acceptors (Lipinski definition) is 3. The molecule has 2 aromatic carbocycles. The number of benzene rings is 2. The zero-order chi connectivity index (χ0) is 22.7. The highest BCUT2D eigenvalue weighted by molar-refractivity contribution is 6.30. The molecule has 0 radical (unpaired) electrons. The summed E-state index contributed by atoms with van der Waals surface area (Å²) in [5.41, 5.74) is 1.76. The molecule has 7 heteroatoms. The Hall–Kier alpha value is -2.57. The number of halogens is 4. The van der Waals surface area contributed by atoms with Crippen LogP contribution in [0.1, 0.15) is 22.6 Å². The minimum Gasteiger partial charge on any atom is -0.359 e. The van der Waals surface area contributed by atoms with Crippen LogP contribution in [0.25, 0.3) is 0 Å². The van der Waals surface area contributed by atoms with Crippen LogP contribution < -0.4 is 4.90 Å². The summed E-state index contributed by atoms with van der Waals surface area (Å²) in [5.74, 6) is 1.14. The first kappa shape index (κ1) is 22.6. The third-order valence-electron chi connectivity index (χ3n) is 6.04. The van der Waals surface area contributed by atoms with E-state index in [0.717, 1.165) is 31.9 Å². The van der Waals surface area contributed by atoms with Gasteiger partial charge in [0.1, 0.15) is 5.82 Å². The van der Waals surface area contributed by atoms with Crippen LogP contribution in [0.15, 0.2) is 72.9 Å². The van der Waals surface area contributed by atoms with Gasteiger partial charge in [-0.3, -0.25) is 4.90 Å². The molecule has 2 heterocycles. The lowest BCUT2D eigenvalue weighted by Crippen LogP contribution is -2.30. The molecule has 0 aliphatic carbocycles. The Morgan fingerprint density at radius 3 is 2.34 bits per heavy atom. The second-order valence-corrected chi connectivity index (χ2v) is 8.82. The van der Waals surface area contributed by atoms with Crippen molar-refractivity contribution in [3.05, 3.63) is 94.6 Å². The van der Waals surface area contributed by atoms with Gasteiger partial charge in [-0.15, -0.1) is 0 Å². The highest BCUT2D eigenvalue weighted by Crippen LogP contribution is 2.35. The fraction of sp³-hybridized carbons (Fsp3) is 0.320. The average molecular weight is 460 g/mol. The molecular weight excluding hydrogens is 435 g/mol. The van der Waals surface area contributed by atoms with Crippen molar-refractivity contribution in [1.82, 2.24) is 9.88 Å². The molecule has 2 atom stereocenters. The summed E-state index contributed by atoms with van der Waals surface area (Å²) >= 11 is 6.09. The quantitative estimate of drug-likeness (QED) is 0.443. The van der Waals surface area contributed by atoms with Crippen LogP contribution in [-0.4, -0.2) is 36.6 Å². The van der Waals surface area contributed by atoms with E-state index < -0.39 is 11.7 Å². The van der Waals surface area contributed by atoms with Crippen molar-refractivity contribution in [1.29, 1.82) is 0 Å². The highest BCUT2D eigenvalue weighted by Gasteiger charge is 2.35. The zero-order valence-corrected chi connectivity index (χ0v) is 18.5. The van der Waals surface area contributed by atoms with E-state index in [-0.39, 0.29) is 0 Å². The van der Waals surface area contributed by atoms with Crippen molar-refractivity contribution in [3.63, 3.8) is 0 Å². The number of likely N-dealkylation sites (tertiary alicyclic amines) is 1. The van der Waals surface area contributed by atoms with E-state index in [4.69, 9.17) is 11.6 Å². The van der Waals surface area contributed by atoms with Crippen molar-refractivity contribution in [2.45, 2.75) is 18.6 Å². The van der Waals surface area contributed by atoms with Crippen LogP contribution in [0.4, 0.5) is 19.0 Å². The van der Waals surface area contributed by atoms with E-state index in [1.807, 2.05) is 42.3 Å². The van der Waals surface area contributed by atoms with Gasteiger partial charge >= 0.3 is 6.18 Å². The molecule has 4 rings (SSSR count). The minimum atomic E-state index is -4.38. The number of hydrogen-bond donors (Lipinski definition) is 0. The van der Waals surface area contributed by atoms with Crippen molar-refractivity contribution in [3.8, 4) is 0 Å². The lowest BCUT2D eigenvalue weighted by molar-refractivity contribution is -0.137. The molecule has 3 nitrogen and oxygen atoms in total. The third kappa shape index (κ3) is 5.43. The van der Waals surface area contributed by atoms with Crippen LogP contribution in [0.3, 0.4) is 0 Å². The molecule has 0 spiro atoms. The molecule has 0 saturated carbocycles. The lowest BCUT2D eigenvalue weighted by atomic mass is 9.88. The maximum Gasteiger partial charge on any atom is 0.417 e. The van der Waals surface area contributed by atoms with Gasteiger partial charge in [-0.25, -0.2) is 4.98 Å². The molecule has 3 aromatic rings. The molecule has 1 aliphatic heterocycles. The molecule has 0 bridgehead atoms. The molecule has 1 saturated heterocycles. The fourth-order valence-electron chi connectivity index (χ4n) is 4.43. The fourth-order valence-corrected chi connectivity index (χ4v) is 4.55. The molecular formula is C25H25ClF3N3. The Morgan fingerprint density at radius 1 is 1.00 bits per heavy atom. The van der Waals surface area contributed by atoms with Gasteiger partial charge < -0.3 is 4.90 Å². The number of alkyl halides is 3. The number of nitrogens with zero attached hydrogens (tertiary/aromatic N) is 3. The minimum absolute atomic E-state index is 0.299. The van der Waals surface area contributed by atoms with Gasteiger partial charge in [0.2, 0.25) is 0 Å². The van der Waals surface area contributed by atoms with Crippen LogP contribution in [0, 0.1) is 5.92 Å². The predicted octanol–water partition coefficient (Wildman–Crippen LogP) is 6.11. The van der Waals surface area contributed by atoms with Gasteiger partial charge in [-0.1, -0.05) is 54.1 Å². The van der Waals surface area contributed by atoms with E-state index in [2.05, 4.69) is 34.1 Å². The second kappa shape index (κ2) is 9.51. The summed E-state index contributed by atoms with van der Waals surface area (Å²) in [6.45, 7) is 3.36. The Kier molecular flexibility index (Phi) is 6.72. The molecule has 0 amide bonds. The van der Waals surface area contributed by atoms with Crippen molar-refractivity contribution < 1.29 is 13.2 Å². The maximum atomic E-state index is 12.9. The summed E-state index contributed by atoms with van der Waals surface area (Å²) in [7, 11) is 1.88. The van der Waals surface area contributed by atoms with Crippen LogP contribution in [0.2, 0.25) is 5.02 Å². The van der Waals surface area contributed by atoms with Crippen LogP contribution in [0.5, 0.6) is 0 Å². The Bertz CT molecular complexity index is 1010. The van der Waals surface area contributed by atoms with Crippen LogP contribution in [-0.2, 0) is 12.7 Å². The molecule has 2 unspecified atom stereocenters. The van der Waals surface area contributed by atoms with Gasteiger partial charge in [0.25, 0.3) is 0 Å². The van der Waals surface area contributed by atoms with E-state index in [1.54, 1.807) is 0 Å². The maximum absolute atomic E-state index is 12.9. The molecule has 0 N–H and O–H groups in total. The van der Waals surface area contributed by atoms with Gasteiger partial charge in [0.05, 0.1) is 5.56 Å².